The molecule has 2 N–H and O–H groups in total. The molecule has 5 nitrogen and oxygen atoms in total. The van der Waals surface area contributed by atoms with E-state index in [4.69, 9.17) is 4.74 Å². The fraction of sp³-hybridized carbons (Fsp3) is 0.364. The van der Waals surface area contributed by atoms with E-state index in [2.05, 4.69) is 31.4 Å². The highest BCUT2D eigenvalue weighted by atomic mass is 16.5. The standard InChI is InChI=1S/C22H26N2O3/c1-21(2,3)17-10-5-6-11-18(17)24-20(26)22(12-13-22)19(25)23-15-8-7-9-16(14-15)27-4/h5-11,14H,12-13H2,1-4H3,(H,23,25)(H,24,26). The minimum atomic E-state index is -1.01. The van der Waals surface area contributed by atoms with Gasteiger partial charge in [-0.3, -0.25) is 9.59 Å². The number of anilines is 2. The Balaban J connectivity index is 1.76. The van der Waals surface area contributed by atoms with Gasteiger partial charge in [-0.1, -0.05) is 45.0 Å². The zero-order valence-electron chi connectivity index (χ0n) is 16.3. The first-order valence-corrected chi connectivity index (χ1v) is 9.13. The summed E-state index contributed by atoms with van der Waals surface area (Å²) < 4.78 is 5.18. The number of nitrogens with one attached hydrogen (secondary N) is 2. The van der Waals surface area contributed by atoms with Crippen LogP contribution in [-0.2, 0) is 15.0 Å². The monoisotopic (exact) mass is 366 g/mol. The zero-order valence-corrected chi connectivity index (χ0v) is 16.3. The van der Waals surface area contributed by atoms with Crippen molar-refractivity contribution in [3.8, 4) is 5.75 Å². The molecule has 1 fully saturated rings. The third-order valence-electron chi connectivity index (χ3n) is 4.93. The molecule has 3 rings (SSSR count). The van der Waals surface area contributed by atoms with Crippen molar-refractivity contribution in [3.05, 3.63) is 54.1 Å². The van der Waals surface area contributed by atoms with Gasteiger partial charge >= 0.3 is 0 Å². The van der Waals surface area contributed by atoms with Gasteiger partial charge in [-0.05, 0) is 42.0 Å². The molecule has 2 amide bonds. The van der Waals surface area contributed by atoms with Gasteiger partial charge in [0.15, 0.2) is 0 Å². The molecule has 0 unspecified atom stereocenters. The topological polar surface area (TPSA) is 67.4 Å². The van der Waals surface area contributed by atoms with E-state index >= 15 is 0 Å². The number of carbonyl (C=O) groups is 2. The lowest BCUT2D eigenvalue weighted by Crippen LogP contribution is -2.36. The summed E-state index contributed by atoms with van der Waals surface area (Å²) in [4.78, 5) is 25.7. The van der Waals surface area contributed by atoms with Crippen LogP contribution >= 0.6 is 0 Å². The Hall–Kier alpha value is -2.82. The molecule has 0 bridgehead atoms. The van der Waals surface area contributed by atoms with Gasteiger partial charge in [-0.25, -0.2) is 0 Å². The third-order valence-corrected chi connectivity index (χ3v) is 4.93. The van der Waals surface area contributed by atoms with Crippen LogP contribution in [0.3, 0.4) is 0 Å². The van der Waals surface area contributed by atoms with Gasteiger partial charge in [-0.2, -0.15) is 0 Å². The van der Waals surface area contributed by atoms with Crippen molar-refractivity contribution < 1.29 is 14.3 Å². The van der Waals surface area contributed by atoms with E-state index in [-0.39, 0.29) is 17.2 Å². The summed E-state index contributed by atoms with van der Waals surface area (Å²) >= 11 is 0. The maximum absolute atomic E-state index is 12.9. The second-order valence-electron chi connectivity index (χ2n) is 8.02. The SMILES string of the molecule is COc1cccc(NC(=O)C2(C(=O)Nc3ccccc3C(C)(C)C)CC2)c1. The Bertz CT molecular complexity index is 864. The second-order valence-corrected chi connectivity index (χ2v) is 8.02. The Morgan fingerprint density at radius 3 is 2.26 bits per heavy atom. The van der Waals surface area contributed by atoms with Crippen LogP contribution in [0.1, 0.15) is 39.2 Å². The molecule has 0 aliphatic heterocycles. The van der Waals surface area contributed by atoms with Crippen LogP contribution in [0.2, 0.25) is 0 Å². The molecule has 0 heterocycles. The van der Waals surface area contributed by atoms with Crippen molar-refractivity contribution in [2.75, 3.05) is 17.7 Å². The van der Waals surface area contributed by atoms with Gasteiger partial charge in [0, 0.05) is 17.4 Å². The first-order valence-electron chi connectivity index (χ1n) is 9.13. The molecule has 1 aliphatic rings. The van der Waals surface area contributed by atoms with Crippen LogP contribution in [0.25, 0.3) is 0 Å². The molecule has 142 valence electrons. The molecule has 27 heavy (non-hydrogen) atoms. The molecule has 1 aliphatic carbocycles. The van der Waals surface area contributed by atoms with Crippen molar-refractivity contribution in [3.63, 3.8) is 0 Å². The predicted octanol–water partition coefficient (Wildman–Crippen LogP) is 4.35. The van der Waals surface area contributed by atoms with Crippen molar-refractivity contribution in [1.29, 1.82) is 0 Å². The number of para-hydroxylation sites is 1. The largest absolute Gasteiger partial charge is 0.497 e. The van der Waals surface area contributed by atoms with E-state index in [9.17, 15) is 9.59 Å². The third kappa shape index (κ3) is 3.97. The lowest BCUT2D eigenvalue weighted by Gasteiger charge is -2.24. The molecule has 2 aromatic rings. The van der Waals surface area contributed by atoms with Crippen molar-refractivity contribution in [2.45, 2.75) is 39.0 Å². The number of amides is 2. The zero-order chi connectivity index (χ0) is 19.7. The van der Waals surface area contributed by atoms with Crippen LogP contribution in [0.15, 0.2) is 48.5 Å². The maximum atomic E-state index is 12.9. The van der Waals surface area contributed by atoms with Crippen molar-refractivity contribution in [2.24, 2.45) is 5.41 Å². The van der Waals surface area contributed by atoms with E-state index in [1.807, 2.05) is 24.3 Å². The van der Waals surface area contributed by atoms with Gasteiger partial charge in [-0.15, -0.1) is 0 Å². The van der Waals surface area contributed by atoms with Crippen LogP contribution in [0.5, 0.6) is 5.75 Å². The number of rotatable bonds is 5. The Kier molecular flexibility index (Phi) is 4.96. The molecule has 5 heteroatoms. The van der Waals surface area contributed by atoms with Gasteiger partial charge in [0.1, 0.15) is 11.2 Å². The summed E-state index contributed by atoms with van der Waals surface area (Å²) in [6, 6.07) is 14.9. The van der Waals surface area contributed by atoms with Gasteiger partial charge < -0.3 is 15.4 Å². The summed E-state index contributed by atoms with van der Waals surface area (Å²) in [6.45, 7) is 6.29. The Labute approximate surface area is 160 Å². The van der Waals surface area contributed by atoms with Crippen LogP contribution in [0, 0.1) is 5.41 Å². The van der Waals surface area contributed by atoms with Crippen molar-refractivity contribution in [1.82, 2.24) is 0 Å². The molecular weight excluding hydrogens is 340 g/mol. The fourth-order valence-corrected chi connectivity index (χ4v) is 3.12. The highest BCUT2D eigenvalue weighted by molar-refractivity contribution is 6.17. The average molecular weight is 366 g/mol. The van der Waals surface area contributed by atoms with Gasteiger partial charge in [0.25, 0.3) is 0 Å². The normalized spacial score (nSPS) is 15.0. The van der Waals surface area contributed by atoms with E-state index < -0.39 is 5.41 Å². The molecule has 0 saturated heterocycles. The van der Waals surface area contributed by atoms with E-state index in [1.165, 1.54) is 0 Å². The van der Waals surface area contributed by atoms with E-state index in [1.54, 1.807) is 31.4 Å². The minimum Gasteiger partial charge on any atom is -0.497 e. The second kappa shape index (κ2) is 7.06. The summed E-state index contributed by atoms with van der Waals surface area (Å²) in [6.07, 6.45) is 1.10. The highest BCUT2D eigenvalue weighted by Gasteiger charge is 2.56. The minimum absolute atomic E-state index is 0.108. The number of ether oxygens (including phenoxy) is 1. The number of benzene rings is 2. The molecule has 0 aromatic heterocycles. The average Bonchev–Trinajstić information content (AvgIpc) is 3.43. The van der Waals surface area contributed by atoms with Crippen LogP contribution in [0.4, 0.5) is 11.4 Å². The lowest BCUT2D eigenvalue weighted by atomic mass is 9.85. The predicted molar refractivity (Wildman–Crippen MR) is 107 cm³/mol. The van der Waals surface area contributed by atoms with Gasteiger partial charge in [0.2, 0.25) is 11.8 Å². The Morgan fingerprint density at radius 2 is 1.63 bits per heavy atom. The van der Waals surface area contributed by atoms with E-state index in [0.717, 1.165) is 11.3 Å². The smallest absolute Gasteiger partial charge is 0.240 e. The molecule has 0 spiro atoms. The first-order chi connectivity index (χ1) is 12.8. The molecular formula is C22H26N2O3. The van der Waals surface area contributed by atoms with Gasteiger partial charge in [0.05, 0.1) is 7.11 Å². The number of methoxy groups -OCH3 is 1. The molecule has 2 aromatic carbocycles. The fourth-order valence-electron chi connectivity index (χ4n) is 3.12. The quantitative estimate of drug-likeness (QED) is 0.773. The van der Waals surface area contributed by atoms with Crippen molar-refractivity contribution >= 4 is 23.2 Å². The number of carbonyl (C=O) groups excluding carboxylic acids is 2. The summed E-state index contributed by atoms with van der Waals surface area (Å²) in [5.41, 5.74) is 1.31. The lowest BCUT2D eigenvalue weighted by molar-refractivity contribution is -0.131. The van der Waals surface area contributed by atoms with Crippen LogP contribution < -0.4 is 15.4 Å². The number of hydrogen-bond acceptors (Lipinski definition) is 3. The molecule has 0 radical (unpaired) electrons. The van der Waals surface area contributed by atoms with Crippen LogP contribution in [-0.4, -0.2) is 18.9 Å². The van der Waals surface area contributed by atoms with E-state index in [0.29, 0.717) is 24.3 Å². The summed E-state index contributed by atoms with van der Waals surface area (Å²) in [5, 5.41) is 5.84. The summed E-state index contributed by atoms with van der Waals surface area (Å²) in [7, 11) is 1.57. The first kappa shape index (κ1) is 19.0. The summed E-state index contributed by atoms with van der Waals surface area (Å²) in [5.74, 6) is 0.127. The highest BCUT2D eigenvalue weighted by Crippen LogP contribution is 2.48. The maximum Gasteiger partial charge on any atom is 0.240 e. The molecule has 1 saturated carbocycles. The molecule has 0 atom stereocenters. The Morgan fingerprint density at radius 1 is 0.963 bits per heavy atom. The number of hydrogen-bond donors (Lipinski definition) is 2.